The van der Waals surface area contributed by atoms with Crippen molar-refractivity contribution in [2.24, 2.45) is 0 Å². The molecule has 1 fully saturated rings. The lowest BCUT2D eigenvalue weighted by atomic mass is 10.1. The first-order valence-corrected chi connectivity index (χ1v) is 11.1. The molecule has 7 heteroatoms. The van der Waals surface area contributed by atoms with E-state index in [-0.39, 0.29) is 30.1 Å². The minimum Gasteiger partial charge on any atom is -0.497 e. The van der Waals surface area contributed by atoms with Gasteiger partial charge in [-0.05, 0) is 42.7 Å². The van der Waals surface area contributed by atoms with Crippen molar-refractivity contribution >= 4 is 15.7 Å². The van der Waals surface area contributed by atoms with Crippen molar-refractivity contribution in [3.63, 3.8) is 0 Å². The fourth-order valence-corrected chi connectivity index (χ4v) is 5.06. The highest BCUT2D eigenvalue weighted by Gasteiger charge is 2.34. The van der Waals surface area contributed by atoms with Crippen LogP contribution in [0.25, 0.3) is 0 Å². The molecule has 1 unspecified atom stereocenters. The van der Waals surface area contributed by atoms with Crippen molar-refractivity contribution in [1.82, 2.24) is 4.90 Å². The minimum atomic E-state index is -3.08. The number of amides is 1. The predicted molar refractivity (Wildman–Crippen MR) is 107 cm³/mol. The predicted octanol–water partition coefficient (Wildman–Crippen LogP) is 2.33. The Kier molecular flexibility index (Phi) is 6.57. The standard InChI is InChI=1S/C21H25NO5S/c1-26-19-7-9-20(10-8-19)27-15-21(23)22(18-12-14-28(24,25)16-18)13-11-17-5-3-2-4-6-17/h2-10,18H,11-16H2,1H3. The topological polar surface area (TPSA) is 72.9 Å². The largest absolute Gasteiger partial charge is 0.497 e. The van der Waals surface area contributed by atoms with E-state index in [0.29, 0.717) is 30.9 Å². The van der Waals surface area contributed by atoms with Gasteiger partial charge in [-0.3, -0.25) is 4.79 Å². The van der Waals surface area contributed by atoms with Crippen LogP contribution in [-0.4, -0.2) is 57.0 Å². The second-order valence-corrected chi connectivity index (χ2v) is 9.07. The summed E-state index contributed by atoms with van der Waals surface area (Å²) in [4.78, 5) is 14.5. The van der Waals surface area contributed by atoms with E-state index in [9.17, 15) is 13.2 Å². The van der Waals surface area contributed by atoms with Crippen LogP contribution in [0.1, 0.15) is 12.0 Å². The molecule has 1 saturated heterocycles. The summed E-state index contributed by atoms with van der Waals surface area (Å²) in [6.45, 7) is 0.340. The Balaban J connectivity index is 1.65. The summed E-state index contributed by atoms with van der Waals surface area (Å²) in [6.07, 6.45) is 1.15. The molecule has 0 radical (unpaired) electrons. The summed E-state index contributed by atoms with van der Waals surface area (Å²) in [6, 6.07) is 16.6. The van der Waals surface area contributed by atoms with Crippen molar-refractivity contribution in [2.75, 3.05) is 31.8 Å². The first kappa shape index (κ1) is 20.2. The van der Waals surface area contributed by atoms with Crippen LogP contribution < -0.4 is 9.47 Å². The third-order valence-electron chi connectivity index (χ3n) is 4.88. The zero-order valence-electron chi connectivity index (χ0n) is 15.9. The van der Waals surface area contributed by atoms with Crippen LogP contribution >= 0.6 is 0 Å². The Bertz CT molecular complexity index is 881. The molecule has 0 spiro atoms. The molecule has 0 saturated carbocycles. The average Bonchev–Trinajstić information content (AvgIpc) is 3.07. The molecular formula is C21H25NO5S. The number of carbonyl (C=O) groups excluding carboxylic acids is 1. The van der Waals surface area contributed by atoms with Gasteiger partial charge in [-0.1, -0.05) is 30.3 Å². The second-order valence-electron chi connectivity index (χ2n) is 6.84. The molecule has 0 N–H and O–H groups in total. The zero-order chi connectivity index (χ0) is 20.0. The molecule has 2 aromatic rings. The number of hydrogen-bond donors (Lipinski definition) is 0. The van der Waals surface area contributed by atoms with Crippen molar-refractivity contribution in [3.05, 3.63) is 60.2 Å². The highest BCUT2D eigenvalue weighted by atomic mass is 32.2. The van der Waals surface area contributed by atoms with Gasteiger partial charge in [0.25, 0.3) is 5.91 Å². The van der Waals surface area contributed by atoms with E-state index < -0.39 is 9.84 Å². The molecule has 1 aliphatic rings. The van der Waals surface area contributed by atoms with Crippen molar-refractivity contribution in [1.29, 1.82) is 0 Å². The van der Waals surface area contributed by atoms with Crippen LogP contribution in [0.3, 0.4) is 0 Å². The van der Waals surface area contributed by atoms with Gasteiger partial charge >= 0.3 is 0 Å². The van der Waals surface area contributed by atoms with E-state index in [1.54, 1.807) is 36.3 Å². The lowest BCUT2D eigenvalue weighted by Crippen LogP contribution is -2.44. The maximum Gasteiger partial charge on any atom is 0.260 e. The average molecular weight is 404 g/mol. The van der Waals surface area contributed by atoms with Crippen LogP contribution in [0.4, 0.5) is 0 Å². The molecule has 150 valence electrons. The number of benzene rings is 2. The van der Waals surface area contributed by atoms with E-state index in [1.807, 2.05) is 30.3 Å². The van der Waals surface area contributed by atoms with E-state index in [2.05, 4.69) is 0 Å². The van der Waals surface area contributed by atoms with Crippen LogP contribution in [0.5, 0.6) is 11.5 Å². The first-order chi connectivity index (χ1) is 13.5. The number of rotatable bonds is 8. The molecule has 0 bridgehead atoms. The maximum atomic E-state index is 12.8. The van der Waals surface area contributed by atoms with Gasteiger partial charge in [0.1, 0.15) is 11.5 Å². The molecular weight excluding hydrogens is 378 g/mol. The summed E-state index contributed by atoms with van der Waals surface area (Å²) in [7, 11) is -1.50. The normalized spacial score (nSPS) is 17.8. The van der Waals surface area contributed by atoms with Crippen LogP contribution in [0, 0.1) is 0 Å². The van der Waals surface area contributed by atoms with E-state index in [4.69, 9.17) is 9.47 Å². The smallest absolute Gasteiger partial charge is 0.260 e. The lowest BCUT2D eigenvalue weighted by molar-refractivity contribution is -0.135. The Labute approximate surface area is 166 Å². The van der Waals surface area contributed by atoms with Gasteiger partial charge in [0.05, 0.1) is 18.6 Å². The molecule has 3 rings (SSSR count). The number of nitrogens with zero attached hydrogens (tertiary/aromatic N) is 1. The van der Waals surface area contributed by atoms with Gasteiger partial charge < -0.3 is 14.4 Å². The van der Waals surface area contributed by atoms with E-state index in [1.165, 1.54) is 0 Å². The number of carbonyl (C=O) groups is 1. The lowest BCUT2D eigenvalue weighted by Gasteiger charge is -2.28. The summed E-state index contributed by atoms with van der Waals surface area (Å²) < 4.78 is 34.5. The summed E-state index contributed by atoms with van der Waals surface area (Å²) in [5.74, 6) is 1.23. The molecule has 1 amide bonds. The molecule has 0 aliphatic carbocycles. The van der Waals surface area contributed by atoms with Gasteiger partial charge in [-0.25, -0.2) is 8.42 Å². The molecule has 6 nitrogen and oxygen atoms in total. The molecule has 28 heavy (non-hydrogen) atoms. The van der Waals surface area contributed by atoms with Gasteiger partial charge in [0.15, 0.2) is 16.4 Å². The quantitative estimate of drug-likeness (QED) is 0.676. The number of ether oxygens (including phenoxy) is 2. The Hall–Kier alpha value is -2.54. The first-order valence-electron chi connectivity index (χ1n) is 9.27. The van der Waals surface area contributed by atoms with Gasteiger partial charge in [-0.15, -0.1) is 0 Å². The maximum absolute atomic E-state index is 12.8. The summed E-state index contributed by atoms with van der Waals surface area (Å²) in [5.41, 5.74) is 1.11. The van der Waals surface area contributed by atoms with Crippen LogP contribution in [0.15, 0.2) is 54.6 Å². The fourth-order valence-electron chi connectivity index (χ4n) is 3.33. The number of methoxy groups -OCH3 is 1. The fraction of sp³-hybridized carbons (Fsp3) is 0.381. The third kappa shape index (κ3) is 5.48. The Morgan fingerprint density at radius 1 is 1.07 bits per heavy atom. The van der Waals surface area contributed by atoms with Crippen molar-refractivity contribution < 1.29 is 22.7 Å². The minimum absolute atomic E-state index is 0.0239. The highest BCUT2D eigenvalue weighted by Crippen LogP contribution is 2.20. The zero-order valence-corrected chi connectivity index (χ0v) is 16.7. The molecule has 2 aromatic carbocycles. The van der Waals surface area contributed by atoms with Crippen LogP contribution in [0.2, 0.25) is 0 Å². The number of sulfone groups is 1. The Morgan fingerprint density at radius 2 is 1.75 bits per heavy atom. The Morgan fingerprint density at radius 3 is 2.36 bits per heavy atom. The van der Waals surface area contributed by atoms with Gasteiger partial charge in [0.2, 0.25) is 0 Å². The van der Waals surface area contributed by atoms with E-state index in [0.717, 1.165) is 5.56 Å². The number of hydrogen-bond acceptors (Lipinski definition) is 5. The SMILES string of the molecule is COc1ccc(OCC(=O)N(CCc2ccccc2)C2CCS(=O)(=O)C2)cc1. The molecule has 1 heterocycles. The summed E-state index contributed by atoms with van der Waals surface area (Å²) >= 11 is 0. The third-order valence-corrected chi connectivity index (χ3v) is 6.63. The highest BCUT2D eigenvalue weighted by molar-refractivity contribution is 7.91. The molecule has 1 aliphatic heterocycles. The van der Waals surface area contributed by atoms with Gasteiger partial charge in [0, 0.05) is 12.6 Å². The van der Waals surface area contributed by atoms with Crippen molar-refractivity contribution in [3.8, 4) is 11.5 Å². The van der Waals surface area contributed by atoms with Crippen LogP contribution in [-0.2, 0) is 21.1 Å². The van der Waals surface area contributed by atoms with Crippen molar-refractivity contribution in [2.45, 2.75) is 18.9 Å². The van der Waals surface area contributed by atoms with E-state index >= 15 is 0 Å². The monoisotopic (exact) mass is 403 g/mol. The molecule has 1 atom stereocenters. The summed E-state index contributed by atoms with van der Waals surface area (Å²) in [5, 5.41) is 0. The second kappa shape index (κ2) is 9.10. The molecule has 0 aromatic heterocycles. The van der Waals surface area contributed by atoms with Gasteiger partial charge in [-0.2, -0.15) is 0 Å².